The highest BCUT2D eigenvalue weighted by Gasteiger charge is 2.26. The van der Waals surface area contributed by atoms with Crippen molar-refractivity contribution in [2.24, 2.45) is 0 Å². The second kappa shape index (κ2) is 8.38. The summed E-state index contributed by atoms with van der Waals surface area (Å²) in [6.45, 7) is 5.50. The molecule has 0 spiro atoms. The number of nitrogens with zero attached hydrogens (tertiary/aromatic N) is 8. The third-order valence-corrected chi connectivity index (χ3v) is 6.20. The van der Waals surface area contributed by atoms with Gasteiger partial charge in [0, 0.05) is 69.5 Å². The first kappa shape index (κ1) is 20.0. The molecule has 1 saturated heterocycles. The van der Waals surface area contributed by atoms with Crippen molar-refractivity contribution in [3.8, 4) is 11.3 Å². The van der Waals surface area contributed by atoms with Crippen molar-refractivity contribution in [3.63, 3.8) is 0 Å². The van der Waals surface area contributed by atoms with Gasteiger partial charge in [0.05, 0.1) is 36.0 Å². The first-order chi connectivity index (χ1) is 16.2. The third-order valence-electron chi connectivity index (χ3n) is 6.20. The van der Waals surface area contributed by atoms with E-state index in [0.717, 1.165) is 73.3 Å². The normalized spacial score (nSPS) is 16.8. The fourth-order valence-electron chi connectivity index (χ4n) is 4.50. The first-order valence-corrected chi connectivity index (χ1v) is 11.2. The van der Waals surface area contributed by atoms with E-state index >= 15 is 0 Å². The SMILES string of the molecule is Nc1ncc(-c2cn3c4c(nc3c(N3CCOCC3)n2)CCN(Cc2ccccn2)C4)cn1. The zero-order valence-electron chi connectivity index (χ0n) is 18.3. The largest absolute Gasteiger partial charge is 0.378 e. The molecule has 0 saturated carbocycles. The Bertz CT molecular complexity index is 1270. The molecule has 0 amide bonds. The topological polar surface area (TPSA) is 111 Å². The van der Waals surface area contributed by atoms with Gasteiger partial charge in [-0.05, 0) is 12.1 Å². The van der Waals surface area contributed by atoms with Gasteiger partial charge in [0.25, 0.3) is 0 Å². The Kier molecular flexibility index (Phi) is 5.08. The highest BCUT2D eigenvalue weighted by Crippen LogP contribution is 2.30. The molecule has 2 aliphatic heterocycles. The van der Waals surface area contributed by atoms with Gasteiger partial charge in [-0.3, -0.25) is 14.3 Å². The smallest absolute Gasteiger partial charge is 0.219 e. The molecule has 10 heteroatoms. The number of anilines is 2. The van der Waals surface area contributed by atoms with Crippen LogP contribution < -0.4 is 10.6 Å². The number of imidazole rings is 1. The van der Waals surface area contributed by atoms with Crippen LogP contribution in [0.3, 0.4) is 0 Å². The summed E-state index contributed by atoms with van der Waals surface area (Å²) in [5, 5.41) is 0. The summed E-state index contributed by atoms with van der Waals surface area (Å²) in [6.07, 6.45) is 8.23. The number of hydrogen-bond acceptors (Lipinski definition) is 9. The van der Waals surface area contributed by atoms with Gasteiger partial charge in [0.15, 0.2) is 11.5 Å². The summed E-state index contributed by atoms with van der Waals surface area (Å²) in [5.41, 5.74) is 11.6. The van der Waals surface area contributed by atoms with E-state index in [-0.39, 0.29) is 5.95 Å². The van der Waals surface area contributed by atoms with Crippen LogP contribution >= 0.6 is 0 Å². The van der Waals surface area contributed by atoms with E-state index in [2.05, 4.69) is 35.2 Å². The molecule has 4 aromatic heterocycles. The number of ether oxygens (including phenoxy) is 1. The Morgan fingerprint density at radius 1 is 1.00 bits per heavy atom. The van der Waals surface area contributed by atoms with Gasteiger partial charge >= 0.3 is 0 Å². The summed E-state index contributed by atoms with van der Waals surface area (Å²) < 4.78 is 7.77. The van der Waals surface area contributed by atoms with Gasteiger partial charge in [-0.2, -0.15) is 0 Å². The van der Waals surface area contributed by atoms with E-state index in [0.29, 0.717) is 13.2 Å². The Balaban J connectivity index is 1.43. The molecule has 33 heavy (non-hydrogen) atoms. The zero-order chi connectivity index (χ0) is 22.2. The molecule has 10 nitrogen and oxygen atoms in total. The molecule has 0 atom stereocenters. The van der Waals surface area contributed by atoms with Crippen LogP contribution in [0.5, 0.6) is 0 Å². The second-order valence-electron chi connectivity index (χ2n) is 8.36. The number of nitrogen functional groups attached to an aromatic ring is 1. The minimum Gasteiger partial charge on any atom is -0.378 e. The minimum absolute atomic E-state index is 0.249. The van der Waals surface area contributed by atoms with E-state index in [1.807, 2.05) is 24.5 Å². The van der Waals surface area contributed by atoms with Gasteiger partial charge in [-0.1, -0.05) is 6.07 Å². The minimum atomic E-state index is 0.249. The summed E-state index contributed by atoms with van der Waals surface area (Å²) in [7, 11) is 0. The van der Waals surface area contributed by atoms with Crippen molar-refractivity contribution >= 4 is 17.4 Å². The van der Waals surface area contributed by atoms with Gasteiger partial charge in [0.2, 0.25) is 5.95 Å². The van der Waals surface area contributed by atoms with Crippen molar-refractivity contribution in [3.05, 3.63) is 60.1 Å². The molecule has 0 aromatic carbocycles. The summed E-state index contributed by atoms with van der Waals surface area (Å²) in [4.78, 5) is 27.5. The maximum absolute atomic E-state index is 5.70. The first-order valence-electron chi connectivity index (χ1n) is 11.2. The number of nitrogens with two attached hydrogens (primary N) is 1. The average Bonchev–Trinajstić information content (AvgIpc) is 3.23. The number of morpholine rings is 1. The Labute approximate surface area is 191 Å². The highest BCUT2D eigenvalue weighted by molar-refractivity contribution is 5.71. The number of rotatable bonds is 4. The number of hydrogen-bond donors (Lipinski definition) is 1. The van der Waals surface area contributed by atoms with Crippen LogP contribution in [-0.4, -0.2) is 67.1 Å². The molecule has 0 unspecified atom stereocenters. The van der Waals surface area contributed by atoms with Crippen LogP contribution in [0.15, 0.2) is 43.0 Å². The number of aromatic nitrogens is 6. The Morgan fingerprint density at radius 3 is 2.64 bits per heavy atom. The Morgan fingerprint density at radius 2 is 1.85 bits per heavy atom. The molecule has 4 aromatic rings. The predicted octanol–water partition coefficient (Wildman–Crippen LogP) is 1.56. The van der Waals surface area contributed by atoms with Crippen molar-refractivity contribution in [2.75, 3.05) is 43.5 Å². The average molecular weight is 444 g/mol. The van der Waals surface area contributed by atoms with Crippen LogP contribution in [0.4, 0.5) is 11.8 Å². The Hall–Kier alpha value is -3.63. The lowest BCUT2D eigenvalue weighted by atomic mass is 10.1. The van der Waals surface area contributed by atoms with E-state index in [1.54, 1.807) is 12.4 Å². The summed E-state index contributed by atoms with van der Waals surface area (Å²) in [6, 6.07) is 6.06. The third kappa shape index (κ3) is 3.87. The van der Waals surface area contributed by atoms with Crippen LogP contribution in [0.1, 0.15) is 17.1 Å². The lowest BCUT2D eigenvalue weighted by Crippen LogP contribution is -2.37. The molecule has 0 aliphatic carbocycles. The van der Waals surface area contributed by atoms with E-state index in [4.69, 9.17) is 20.4 Å². The summed E-state index contributed by atoms with van der Waals surface area (Å²) in [5.74, 6) is 1.12. The van der Waals surface area contributed by atoms with Crippen LogP contribution in [-0.2, 0) is 24.2 Å². The number of fused-ring (bicyclic) bond motifs is 3. The lowest BCUT2D eigenvalue weighted by Gasteiger charge is -2.28. The molecular weight excluding hydrogens is 418 g/mol. The standard InChI is InChI=1S/C23H25N9O/c24-23-26-11-16(12-27-23)19-14-32-20-15-30(13-17-3-1-2-5-25-17)6-4-18(20)28-22(32)21(29-19)31-7-9-33-10-8-31/h1-3,5,11-12,14H,4,6-10,13,15H2,(H2,24,26,27). The zero-order valence-corrected chi connectivity index (χ0v) is 18.3. The molecular formula is C23H25N9O. The second-order valence-corrected chi connectivity index (χ2v) is 8.36. The van der Waals surface area contributed by atoms with E-state index in [1.165, 1.54) is 5.69 Å². The van der Waals surface area contributed by atoms with Crippen LogP contribution in [0, 0.1) is 0 Å². The molecule has 6 heterocycles. The molecule has 1 fully saturated rings. The highest BCUT2D eigenvalue weighted by atomic mass is 16.5. The molecule has 168 valence electrons. The van der Waals surface area contributed by atoms with Crippen LogP contribution in [0.2, 0.25) is 0 Å². The predicted molar refractivity (Wildman–Crippen MR) is 124 cm³/mol. The number of pyridine rings is 1. The van der Waals surface area contributed by atoms with Crippen molar-refractivity contribution in [1.82, 2.24) is 34.2 Å². The summed E-state index contributed by atoms with van der Waals surface area (Å²) >= 11 is 0. The van der Waals surface area contributed by atoms with E-state index in [9.17, 15) is 0 Å². The molecule has 0 radical (unpaired) electrons. The van der Waals surface area contributed by atoms with Gasteiger partial charge < -0.3 is 15.4 Å². The van der Waals surface area contributed by atoms with Crippen molar-refractivity contribution < 1.29 is 4.74 Å². The van der Waals surface area contributed by atoms with Crippen molar-refractivity contribution in [2.45, 2.75) is 19.5 Å². The van der Waals surface area contributed by atoms with Gasteiger partial charge in [-0.15, -0.1) is 0 Å². The fourth-order valence-corrected chi connectivity index (χ4v) is 4.50. The van der Waals surface area contributed by atoms with E-state index < -0.39 is 0 Å². The van der Waals surface area contributed by atoms with Gasteiger partial charge in [0.1, 0.15) is 0 Å². The lowest BCUT2D eigenvalue weighted by molar-refractivity contribution is 0.122. The van der Waals surface area contributed by atoms with Crippen LogP contribution in [0.25, 0.3) is 16.9 Å². The maximum Gasteiger partial charge on any atom is 0.219 e. The van der Waals surface area contributed by atoms with Gasteiger partial charge in [-0.25, -0.2) is 19.9 Å². The molecule has 0 bridgehead atoms. The maximum atomic E-state index is 5.70. The molecule has 2 N–H and O–H groups in total. The molecule has 6 rings (SSSR count). The quantitative estimate of drug-likeness (QED) is 0.502. The fraction of sp³-hybridized carbons (Fsp3) is 0.348. The molecule has 2 aliphatic rings. The monoisotopic (exact) mass is 443 g/mol. The van der Waals surface area contributed by atoms with Crippen molar-refractivity contribution in [1.29, 1.82) is 0 Å².